The molecule has 0 aliphatic heterocycles. The summed E-state index contributed by atoms with van der Waals surface area (Å²) >= 11 is 7.91. The summed E-state index contributed by atoms with van der Waals surface area (Å²) in [4.78, 5) is 10.4. The lowest BCUT2D eigenvalue weighted by Crippen LogP contribution is -1.83. The van der Waals surface area contributed by atoms with E-state index in [1.807, 2.05) is 30.3 Å². The van der Waals surface area contributed by atoms with Gasteiger partial charge in [0.2, 0.25) is 0 Å². The van der Waals surface area contributed by atoms with Gasteiger partial charge in [-0.05, 0) is 24.3 Å². The summed E-state index contributed by atoms with van der Waals surface area (Å²) in [6.45, 7) is 0. The molecule has 0 spiro atoms. The van der Waals surface area contributed by atoms with Gasteiger partial charge in [0.15, 0.2) is 0 Å². The van der Waals surface area contributed by atoms with E-state index in [9.17, 15) is 0 Å². The van der Waals surface area contributed by atoms with Crippen LogP contribution < -0.4 is 0 Å². The molecule has 3 aromatic rings. The second-order valence-electron chi connectivity index (χ2n) is 3.78. The van der Waals surface area contributed by atoms with Gasteiger partial charge in [-0.15, -0.1) is 0 Å². The number of aromatic nitrogens is 2. The summed E-state index contributed by atoms with van der Waals surface area (Å²) in [5.41, 5.74) is 0.868. The zero-order valence-electron chi connectivity index (χ0n) is 9.38. The van der Waals surface area contributed by atoms with Gasteiger partial charge in [-0.3, -0.25) is 0 Å². The quantitative estimate of drug-likeness (QED) is 0.690. The Morgan fingerprint density at radius 2 is 1.89 bits per heavy atom. The van der Waals surface area contributed by atoms with Gasteiger partial charge < -0.3 is 0 Å². The molecule has 0 aliphatic carbocycles. The second kappa shape index (κ2) is 4.96. The van der Waals surface area contributed by atoms with Crippen molar-refractivity contribution in [1.29, 1.82) is 0 Å². The molecule has 1 heterocycles. The molecule has 0 bridgehead atoms. The van der Waals surface area contributed by atoms with E-state index in [0.29, 0.717) is 0 Å². The highest BCUT2D eigenvalue weighted by atomic mass is 35.5. The molecule has 0 amide bonds. The van der Waals surface area contributed by atoms with Crippen LogP contribution in [0.2, 0.25) is 5.02 Å². The molecular formula is C14H9ClN2S. The first kappa shape index (κ1) is 11.5. The molecule has 0 fully saturated rings. The van der Waals surface area contributed by atoms with E-state index in [-0.39, 0.29) is 0 Å². The minimum atomic E-state index is 0.718. The van der Waals surface area contributed by atoms with E-state index in [2.05, 4.69) is 22.1 Å². The Kier molecular flexibility index (Phi) is 3.17. The van der Waals surface area contributed by atoms with E-state index in [4.69, 9.17) is 11.6 Å². The summed E-state index contributed by atoms with van der Waals surface area (Å²) in [5.74, 6) is 0. The number of fused-ring (bicyclic) bond motifs is 1. The summed E-state index contributed by atoms with van der Waals surface area (Å²) in [7, 11) is 0. The fourth-order valence-electron chi connectivity index (χ4n) is 1.68. The van der Waals surface area contributed by atoms with Crippen molar-refractivity contribution in [3.63, 3.8) is 0 Å². The fourth-order valence-corrected chi connectivity index (χ4v) is 2.84. The van der Waals surface area contributed by atoms with Crippen molar-refractivity contribution in [3.8, 4) is 0 Å². The van der Waals surface area contributed by atoms with Gasteiger partial charge in [0, 0.05) is 21.4 Å². The summed E-state index contributed by atoms with van der Waals surface area (Å²) in [5, 5.41) is 1.72. The first-order valence-corrected chi connectivity index (χ1v) is 6.64. The second-order valence-corrected chi connectivity index (χ2v) is 5.30. The SMILES string of the molecule is Clc1cc2ncncc2cc1Sc1ccccc1. The highest BCUT2D eigenvalue weighted by Crippen LogP contribution is 2.35. The Bertz CT molecular complexity index is 686. The average molecular weight is 273 g/mol. The molecule has 0 saturated heterocycles. The molecule has 0 aliphatic rings. The molecule has 18 heavy (non-hydrogen) atoms. The normalized spacial score (nSPS) is 10.7. The Morgan fingerprint density at radius 3 is 2.72 bits per heavy atom. The minimum Gasteiger partial charge on any atom is -0.244 e. The van der Waals surface area contributed by atoms with Crippen molar-refractivity contribution in [1.82, 2.24) is 9.97 Å². The van der Waals surface area contributed by atoms with E-state index in [1.165, 1.54) is 6.33 Å². The molecular weight excluding hydrogens is 264 g/mol. The molecule has 1 aromatic heterocycles. The lowest BCUT2D eigenvalue weighted by atomic mass is 10.2. The molecule has 4 heteroatoms. The Balaban J connectivity index is 2.04. The highest BCUT2D eigenvalue weighted by Gasteiger charge is 2.05. The molecule has 0 N–H and O–H groups in total. The van der Waals surface area contributed by atoms with Crippen LogP contribution in [0.15, 0.2) is 64.8 Å². The van der Waals surface area contributed by atoms with Crippen LogP contribution in [0.25, 0.3) is 10.9 Å². The van der Waals surface area contributed by atoms with Crippen molar-refractivity contribution in [2.24, 2.45) is 0 Å². The standard InChI is InChI=1S/C14H9ClN2S/c15-12-7-13-10(8-16-9-17-13)6-14(12)18-11-4-2-1-3-5-11/h1-9H. The van der Waals surface area contributed by atoms with Gasteiger partial charge in [-0.25, -0.2) is 9.97 Å². The van der Waals surface area contributed by atoms with E-state index < -0.39 is 0 Å². The van der Waals surface area contributed by atoms with E-state index >= 15 is 0 Å². The zero-order valence-corrected chi connectivity index (χ0v) is 10.9. The summed E-state index contributed by atoms with van der Waals surface area (Å²) < 4.78 is 0. The first-order chi connectivity index (χ1) is 8.83. The Labute approximate surface area is 114 Å². The van der Waals surface area contributed by atoms with E-state index in [0.717, 1.165) is 25.7 Å². The Morgan fingerprint density at radius 1 is 1.06 bits per heavy atom. The van der Waals surface area contributed by atoms with Crippen LogP contribution in [0.5, 0.6) is 0 Å². The van der Waals surface area contributed by atoms with Crippen LogP contribution in [-0.4, -0.2) is 9.97 Å². The fraction of sp³-hybridized carbons (Fsp3) is 0. The number of nitrogens with zero attached hydrogens (tertiary/aromatic N) is 2. The first-order valence-electron chi connectivity index (χ1n) is 5.45. The molecule has 88 valence electrons. The molecule has 0 radical (unpaired) electrons. The van der Waals surface area contributed by atoms with Gasteiger partial charge in [-0.2, -0.15) is 0 Å². The maximum Gasteiger partial charge on any atom is 0.116 e. The van der Waals surface area contributed by atoms with Gasteiger partial charge in [0.05, 0.1) is 10.5 Å². The average Bonchev–Trinajstić information content (AvgIpc) is 2.41. The number of rotatable bonds is 2. The predicted molar refractivity (Wildman–Crippen MR) is 75.1 cm³/mol. The summed E-state index contributed by atoms with van der Waals surface area (Å²) in [6, 6.07) is 14.1. The van der Waals surface area contributed by atoms with Gasteiger partial charge >= 0.3 is 0 Å². The molecule has 3 rings (SSSR count). The number of hydrogen-bond donors (Lipinski definition) is 0. The lowest BCUT2D eigenvalue weighted by Gasteiger charge is -2.05. The van der Waals surface area contributed by atoms with E-state index in [1.54, 1.807) is 18.0 Å². The maximum atomic E-state index is 6.27. The summed E-state index contributed by atoms with van der Waals surface area (Å²) in [6.07, 6.45) is 3.33. The number of benzene rings is 2. The van der Waals surface area contributed by atoms with Crippen LogP contribution in [0.4, 0.5) is 0 Å². The largest absolute Gasteiger partial charge is 0.244 e. The predicted octanol–water partition coefficient (Wildman–Crippen LogP) is 4.43. The molecule has 0 unspecified atom stereocenters. The van der Waals surface area contributed by atoms with Crippen molar-refractivity contribution >= 4 is 34.3 Å². The smallest absolute Gasteiger partial charge is 0.116 e. The van der Waals surface area contributed by atoms with Gasteiger partial charge in [-0.1, -0.05) is 41.6 Å². The van der Waals surface area contributed by atoms with Crippen molar-refractivity contribution in [2.45, 2.75) is 9.79 Å². The topological polar surface area (TPSA) is 25.8 Å². The van der Waals surface area contributed by atoms with Crippen LogP contribution in [0, 0.1) is 0 Å². The van der Waals surface area contributed by atoms with Crippen molar-refractivity contribution in [2.75, 3.05) is 0 Å². The monoisotopic (exact) mass is 272 g/mol. The van der Waals surface area contributed by atoms with Crippen LogP contribution in [0.3, 0.4) is 0 Å². The molecule has 2 aromatic carbocycles. The van der Waals surface area contributed by atoms with Gasteiger partial charge in [0.1, 0.15) is 6.33 Å². The van der Waals surface area contributed by atoms with Crippen molar-refractivity contribution in [3.05, 3.63) is 60.0 Å². The Hall–Kier alpha value is -1.58. The highest BCUT2D eigenvalue weighted by molar-refractivity contribution is 7.99. The maximum absolute atomic E-state index is 6.27. The minimum absolute atomic E-state index is 0.718. The zero-order chi connectivity index (χ0) is 12.4. The third-order valence-corrected chi connectivity index (χ3v) is 4.02. The van der Waals surface area contributed by atoms with Crippen LogP contribution in [-0.2, 0) is 0 Å². The van der Waals surface area contributed by atoms with Crippen LogP contribution in [0.1, 0.15) is 0 Å². The lowest BCUT2D eigenvalue weighted by molar-refractivity contribution is 1.22. The molecule has 0 saturated carbocycles. The third kappa shape index (κ3) is 2.33. The third-order valence-electron chi connectivity index (χ3n) is 2.53. The van der Waals surface area contributed by atoms with Crippen molar-refractivity contribution < 1.29 is 0 Å². The van der Waals surface area contributed by atoms with Gasteiger partial charge in [0.25, 0.3) is 0 Å². The number of hydrogen-bond acceptors (Lipinski definition) is 3. The molecule has 0 atom stereocenters. The molecule has 2 nitrogen and oxygen atoms in total. The number of halogens is 1. The van der Waals surface area contributed by atoms with Crippen LogP contribution >= 0.6 is 23.4 Å².